The van der Waals surface area contributed by atoms with Gasteiger partial charge in [0.2, 0.25) is 0 Å². The zero-order valence-electron chi connectivity index (χ0n) is 4.60. The Kier molecular flexibility index (Phi) is 3.46. The van der Waals surface area contributed by atoms with E-state index >= 15 is 0 Å². The van der Waals surface area contributed by atoms with Gasteiger partial charge in [-0.25, -0.2) is 0 Å². The summed E-state index contributed by atoms with van der Waals surface area (Å²) in [6.07, 6.45) is 0. The van der Waals surface area contributed by atoms with Crippen LogP contribution in [-0.4, -0.2) is 26.5 Å². The van der Waals surface area contributed by atoms with Gasteiger partial charge in [-0.05, 0) is 18.6 Å². The fourth-order valence-electron chi connectivity index (χ4n) is 0. The molecule has 0 amide bonds. The van der Waals surface area contributed by atoms with Crippen LogP contribution in [0.1, 0.15) is 0 Å². The lowest BCUT2D eigenvalue weighted by Gasteiger charge is -2.06. The molecule has 0 aromatic heterocycles. The molecule has 0 aromatic carbocycles. The molecule has 0 N–H and O–H groups in total. The molecular formula is C3H11BP2. The molecule has 0 saturated carbocycles. The molecule has 2 unspecified atom stereocenters. The van der Waals surface area contributed by atoms with Crippen LogP contribution in [0.15, 0.2) is 0 Å². The quantitative estimate of drug-likeness (QED) is 0.349. The van der Waals surface area contributed by atoms with Gasteiger partial charge in [-0.1, -0.05) is 0 Å². The summed E-state index contributed by atoms with van der Waals surface area (Å²) in [5, 5.41) is 0.833. The monoisotopic (exact) mass is 120 g/mol. The zero-order chi connectivity index (χ0) is 5.15. The van der Waals surface area contributed by atoms with Crippen LogP contribution in [0.5, 0.6) is 0 Å². The van der Waals surface area contributed by atoms with Crippen molar-refractivity contribution >= 4 is 25.0 Å². The first-order chi connectivity index (χ1) is 2.64. The van der Waals surface area contributed by atoms with E-state index in [1.165, 1.54) is 0 Å². The number of hydrogen-bond donors (Lipinski definition) is 0. The van der Waals surface area contributed by atoms with Crippen molar-refractivity contribution in [2.45, 2.75) is 5.30 Å². The maximum absolute atomic E-state index is 2.80. The average Bonchev–Trinajstić information content (AvgIpc) is 1.36. The summed E-state index contributed by atoms with van der Waals surface area (Å²) in [5.41, 5.74) is 0. The average molecular weight is 120 g/mol. The van der Waals surface area contributed by atoms with E-state index in [0.29, 0.717) is 7.92 Å². The molecule has 6 heavy (non-hydrogen) atoms. The summed E-state index contributed by atoms with van der Waals surface area (Å²) in [6, 6.07) is 0. The van der Waals surface area contributed by atoms with E-state index in [9.17, 15) is 0 Å². The highest BCUT2D eigenvalue weighted by Crippen LogP contribution is 2.33. The van der Waals surface area contributed by atoms with Gasteiger partial charge in [0.25, 0.3) is 0 Å². The Balaban J connectivity index is 2.99. The van der Waals surface area contributed by atoms with E-state index in [0.717, 1.165) is 5.30 Å². The van der Waals surface area contributed by atoms with Crippen LogP contribution in [0.4, 0.5) is 0 Å². The van der Waals surface area contributed by atoms with Crippen molar-refractivity contribution in [2.75, 3.05) is 13.3 Å². The highest BCUT2D eigenvalue weighted by molar-refractivity contribution is 7.66. The summed E-state index contributed by atoms with van der Waals surface area (Å²) in [5.74, 6) is 0. The topological polar surface area (TPSA) is 0 Å². The molecule has 0 aliphatic rings. The fraction of sp³-hybridized carbons (Fsp3) is 1.00. The third-order valence-corrected chi connectivity index (χ3v) is 4.23. The largest absolute Gasteiger partial charge is 0.138 e. The van der Waals surface area contributed by atoms with Crippen LogP contribution in [-0.2, 0) is 0 Å². The predicted molar refractivity (Wildman–Crippen MR) is 40.8 cm³/mol. The van der Waals surface area contributed by atoms with E-state index in [-0.39, 0.29) is 0 Å². The van der Waals surface area contributed by atoms with Gasteiger partial charge >= 0.3 is 0 Å². The maximum Gasteiger partial charge on any atom is 0.115 e. The second-order valence-electron chi connectivity index (χ2n) is 1.70. The minimum absolute atomic E-state index is 0.303. The highest BCUT2D eigenvalue weighted by atomic mass is 31.2. The highest BCUT2D eigenvalue weighted by Gasteiger charge is 1.95. The van der Waals surface area contributed by atoms with Crippen molar-refractivity contribution < 1.29 is 0 Å². The Morgan fingerprint density at radius 3 is 1.83 bits per heavy atom. The van der Waals surface area contributed by atoms with Crippen molar-refractivity contribution in [1.82, 2.24) is 0 Å². The van der Waals surface area contributed by atoms with Crippen LogP contribution in [0.25, 0.3) is 0 Å². The lowest BCUT2D eigenvalue weighted by molar-refractivity contribution is 1.90. The SMILES string of the molecule is BC(P)P(C)C. The molecule has 0 aliphatic heterocycles. The Morgan fingerprint density at radius 1 is 1.67 bits per heavy atom. The fourth-order valence-corrected chi connectivity index (χ4v) is 0. The van der Waals surface area contributed by atoms with E-state index in [2.05, 4.69) is 30.4 Å². The van der Waals surface area contributed by atoms with Gasteiger partial charge in [-0.2, -0.15) is 0 Å². The smallest absolute Gasteiger partial charge is 0.115 e. The van der Waals surface area contributed by atoms with Gasteiger partial charge in [0.05, 0.1) is 0 Å². The van der Waals surface area contributed by atoms with Crippen LogP contribution >= 0.6 is 17.2 Å². The third kappa shape index (κ3) is 3.13. The summed E-state index contributed by atoms with van der Waals surface area (Å²) in [7, 11) is 5.34. The third-order valence-electron chi connectivity index (χ3n) is 0.815. The zero-order valence-corrected chi connectivity index (χ0v) is 6.65. The first-order valence-corrected chi connectivity index (χ1v) is 5.04. The van der Waals surface area contributed by atoms with Gasteiger partial charge < -0.3 is 0 Å². The minimum Gasteiger partial charge on any atom is -0.138 e. The Labute approximate surface area is 44.5 Å². The van der Waals surface area contributed by atoms with E-state index < -0.39 is 0 Å². The molecule has 0 nitrogen and oxygen atoms in total. The first kappa shape index (κ1) is 6.92. The van der Waals surface area contributed by atoms with Gasteiger partial charge in [0.15, 0.2) is 0 Å². The molecule has 0 rings (SSSR count). The molecule has 36 valence electrons. The van der Waals surface area contributed by atoms with Gasteiger partial charge in [0.1, 0.15) is 7.85 Å². The Morgan fingerprint density at radius 2 is 1.83 bits per heavy atom. The Hall–Kier alpha value is 0.925. The summed E-state index contributed by atoms with van der Waals surface area (Å²) in [6.45, 7) is 4.57. The number of rotatable bonds is 1. The Bertz CT molecular complexity index is 29.8. The van der Waals surface area contributed by atoms with Crippen molar-refractivity contribution in [1.29, 1.82) is 0 Å². The van der Waals surface area contributed by atoms with Crippen molar-refractivity contribution in [3.05, 3.63) is 0 Å². The molecular weight excluding hydrogens is 109 g/mol. The molecule has 0 fully saturated rings. The maximum atomic E-state index is 2.80. The minimum atomic E-state index is 0.303. The first-order valence-electron chi connectivity index (χ1n) is 2.06. The lowest BCUT2D eigenvalue weighted by Crippen LogP contribution is -1.88. The van der Waals surface area contributed by atoms with E-state index in [1.54, 1.807) is 0 Å². The van der Waals surface area contributed by atoms with E-state index in [4.69, 9.17) is 0 Å². The van der Waals surface area contributed by atoms with Crippen molar-refractivity contribution in [2.24, 2.45) is 0 Å². The van der Waals surface area contributed by atoms with Crippen LogP contribution in [0, 0.1) is 0 Å². The molecule has 0 bridgehead atoms. The van der Waals surface area contributed by atoms with Crippen molar-refractivity contribution in [3.8, 4) is 0 Å². The van der Waals surface area contributed by atoms with Gasteiger partial charge in [0, 0.05) is 0 Å². The van der Waals surface area contributed by atoms with Crippen LogP contribution in [0.2, 0.25) is 0 Å². The summed E-state index contributed by atoms with van der Waals surface area (Å²) >= 11 is 0. The molecule has 0 radical (unpaired) electrons. The molecule has 0 heterocycles. The second kappa shape index (κ2) is 3.00. The van der Waals surface area contributed by atoms with Crippen LogP contribution < -0.4 is 0 Å². The molecule has 0 aromatic rings. The lowest BCUT2D eigenvalue weighted by atomic mass is 10.2. The molecule has 2 atom stereocenters. The number of hydrogen-bond acceptors (Lipinski definition) is 0. The standard InChI is InChI=1S/C3H11BP2/c1-6(2)3(4)5/h3H,4-5H2,1-2H3. The summed E-state index contributed by atoms with van der Waals surface area (Å²) < 4.78 is 0. The normalized spacial score (nSPS) is 15.3. The van der Waals surface area contributed by atoms with Gasteiger partial charge in [-0.3, -0.25) is 0 Å². The van der Waals surface area contributed by atoms with Crippen LogP contribution in [0.3, 0.4) is 0 Å². The molecule has 0 saturated heterocycles. The van der Waals surface area contributed by atoms with E-state index in [1.807, 2.05) is 0 Å². The molecule has 3 heteroatoms. The second-order valence-corrected chi connectivity index (χ2v) is 6.01. The molecule has 0 spiro atoms. The molecule has 0 aliphatic carbocycles. The predicted octanol–water partition coefficient (Wildman–Crippen LogP) is 0.520. The summed E-state index contributed by atoms with van der Waals surface area (Å²) in [4.78, 5) is 0. The van der Waals surface area contributed by atoms with Gasteiger partial charge in [-0.15, -0.1) is 17.2 Å². The van der Waals surface area contributed by atoms with Crippen molar-refractivity contribution in [3.63, 3.8) is 0 Å².